The predicted octanol–water partition coefficient (Wildman–Crippen LogP) is 6.78. The number of nitrogens with two attached hydrogens (primary N) is 1. The lowest BCUT2D eigenvalue weighted by Crippen LogP contribution is -2.48. The van der Waals surface area contributed by atoms with Crippen molar-refractivity contribution in [3.8, 4) is 0 Å². The number of amides is 2. The molecule has 2 unspecified atom stereocenters. The molecule has 5 atom stereocenters. The number of pyridine rings is 1. The van der Waals surface area contributed by atoms with Crippen LogP contribution in [0.15, 0.2) is 24.4 Å². The molecule has 1 saturated heterocycles. The number of likely N-dealkylation sites (tertiary alicyclic amines) is 1. The quantitative estimate of drug-likeness (QED) is 0.193. The van der Waals surface area contributed by atoms with Crippen molar-refractivity contribution in [3.63, 3.8) is 0 Å². The minimum Gasteiger partial charge on any atom is -0.370 e. The summed E-state index contributed by atoms with van der Waals surface area (Å²) < 4.78 is 0. The Kier molecular flexibility index (Phi) is 10.5. The Balaban J connectivity index is 1.38. The van der Waals surface area contributed by atoms with Crippen LogP contribution in [0.2, 0.25) is 0 Å². The molecule has 0 aromatic carbocycles. The number of nitrogens with zero attached hydrogens (tertiary/aromatic N) is 2. The summed E-state index contributed by atoms with van der Waals surface area (Å²) in [5, 5.41) is 3.39. The van der Waals surface area contributed by atoms with Gasteiger partial charge in [-0.3, -0.25) is 24.0 Å². The van der Waals surface area contributed by atoms with E-state index in [0.717, 1.165) is 44.3 Å². The first-order valence-corrected chi connectivity index (χ1v) is 19.1. The lowest BCUT2D eigenvalue weighted by Gasteiger charge is -2.36. The van der Waals surface area contributed by atoms with Crippen molar-refractivity contribution in [1.82, 2.24) is 9.88 Å². The first-order chi connectivity index (χ1) is 23.2. The minimum atomic E-state index is -0.996. The fraction of sp³-hybridized carbons (Fsp3) is 0.756. The van der Waals surface area contributed by atoms with E-state index >= 15 is 0 Å². The standard InChI is InChI=1S/C41H62N4O5/c1-37(2,3)28(24-44-33-15-9-10-18-43-33)21-29(46)22-30(38(4,5)6)36(50)45-25-41(39(7,8)40(41)16-12-17-40)23-31(45)32(47)20-27(34(48)35(42)49)19-26-13-11-14-26/h9-10,15,18,26-28,30-31H,11-14,16-17,19-25H2,1-8H3,(H2,42,49)(H,43,44)/t27?,28?,30-,31+,41-/m1/s1. The Morgan fingerprint density at radius 2 is 1.62 bits per heavy atom. The highest BCUT2D eigenvalue weighted by atomic mass is 16.2. The number of fused-ring (bicyclic) bond motifs is 1. The highest BCUT2D eigenvalue weighted by molar-refractivity contribution is 6.36. The number of nitrogens with one attached hydrogen (secondary N) is 1. The largest absolute Gasteiger partial charge is 0.370 e. The Bertz CT molecular complexity index is 1470. The molecular weight excluding hydrogens is 628 g/mol. The van der Waals surface area contributed by atoms with E-state index in [-0.39, 0.29) is 57.9 Å². The highest BCUT2D eigenvalue weighted by Crippen LogP contribution is 2.88. The molecule has 3 aliphatic carbocycles. The van der Waals surface area contributed by atoms with Gasteiger partial charge in [0.05, 0.1) is 6.04 Å². The fourth-order valence-corrected chi connectivity index (χ4v) is 10.0. The van der Waals surface area contributed by atoms with Crippen molar-refractivity contribution in [1.29, 1.82) is 0 Å². The van der Waals surface area contributed by atoms with Crippen LogP contribution in [0, 0.1) is 50.7 Å². The molecule has 4 aliphatic rings. The molecule has 9 heteroatoms. The third-order valence-corrected chi connectivity index (χ3v) is 14.0. The maximum absolute atomic E-state index is 14.9. The van der Waals surface area contributed by atoms with Gasteiger partial charge in [-0.2, -0.15) is 0 Å². The van der Waals surface area contributed by atoms with Gasteiger partial charge in [-0.15, -0.1) is 0 Å². The molecule has 1 aromatic heterocycles. The molecule has 1 aromatic rings. The lowest BCUT2D eigenvalue weighted by atomic mass is 9.73. The van der Waals surface area contributed by atoms with Crippen molar-refractivity contribution in [2.24, 2.45) is 56.5 Å². The van der Waals surface area contributed by atoms with Gasteiger partial charge in [0, 0.05) is 55.8 Å². The molecule has 4 fully saturated rings. The summed E-state index contributed by atoms with van der Waals surface area (Å²) in [5.41, 5.74) is 4.69. The summed E-state index contributed by atoms with van der Waals surface area (Å²) in [6.07, 6.45) is 9.53. The molecule has 50 heavy (non-hydrogen) atoms. The molecule has 2 amide bonds. The number of rotatable bonds is 15. The molecule has 2 spiro atoms. The van der Waals surface area contributed by atoms with Crippen molar-refractivity contribution in [2.45, 2.75) is 132 Å². The van der Waals surface area contributed by atoms with Crippen LogP contribution < -0.4 is 11.1 Å². The van der Waals surface area contributed by atoms with Gasteiger partial charge in [-0.1, -0.05) is 87.1 Å². The number of aromatic nitrogens is 1. The number of carbonyl (C=O) groups excluding carboxylic acids is 5. The van der Waals surface area contributed by atoms with E-state index in [1.165, 1.54) is 0 Å². The smallest absolute Gasteiger partial charge is 0.285 e. The van der Waals surface area contributed by atoms with Crippen molar-refractivity contribution in [3.05, 3.63) is 24.4 Å². The van der Waals surface area contributed by atoms with E-state index in [4.69, 9.17) is 5.73 Å². The van der Waals surface area contributed by atoms with E-state index in [1.807, 2.05) is 39.0 Å². The zero-order valence-electron chi connectivity index (χ0n) is 31.9. The van der Waals surface area contributed by atoms with Gasteiger partial charge < -0.3 is 16.0 Å². The summed E-state index contributed by atoms with van der Waals surface area (Å²) in [4.78, 5) is 74.5. The Morgan fingerprint density at radius 3 is 2.10 bits per heavy atom. The average molecular weight is 691 g/mol. The fourth-order valence-electron chi connectivity index (χ4n) is 10.0. The van der Waals surface area contributed by atoms with Crippen LogP contribution in [0.25, 0.3) is 0 Å². The zero-order chi connectivity index (χ0) is 36.9. The summed E-state index contributed by atoms with van der Waals surface area (Å²) in [6, 6.07) is 5.01. The Labute approximate surface area is 299 Å². The molecule has 2 heterocycles. The van der Waals surface area contributed by atoms with E-state index in [1.54, 1.807) is 11.1 Å². The number of hydrogen-bond acceptors (Lipinski definition) is 7. The maximum Gasteiger partial charge on any atom is 0.285 e. The van der Waals surface area contributed by atoms with Gasteiger partial charge >= 0.3 is 0 Å². The number of carbonyl (C=O) groups is 5. The van der Waals surface area contributed by atoms with Crippen LogP contribution in [-0.4, -0.2) is 58.2 Å². The molecule has 1 aliphatic heterocycles. The van der Waals surface area contributed by atoms with Crippen molar-refractivity contribution in [2.75, 3.05) is 18.4 Å². The first-order valence-electron chi connectivity index (χ1n) is 19.1. The molecule has 3 N–H and O–H groups in total. The van der Waals surface area contributed by atoms with Crippen LogP contribution in [0.1, 0.15) is 126 Å². The lowest BCUT2D eigenvalue weighted by molar-refractivity contribution is -0.147. The highest BCUT2D eigenvalue weighted by Gasteiger charge is 2.85. The topological polar surface area (TPSA) is 140 Å². The van der Waals surface area contributed by atoms with Crippen LogP contribution in [0.3, 0.4) is 0 Å². The third kappa shape index (κ3) is 7.04. The number of ketones is 3. The van der Waals surface area contributed by atoms with Gasteiger partial charge in [-0.05, 0) is 71.3 Å². The number of hydrogen-bond donors (Lipinski definition) is 2. The molecule has 0 radical (unpaired) electrons. The number of anilines is 1. The number of Topliss-reactive ketones (excluding diaryl/α,β-unsaturated/α-hetero) is 3. The summed E-state index contributed by atoms with van der Waals surface area (Å²) in [5.74, 6) is -2.21. The van der Waals surface area contributed by atoms with Crippen molar-refractivity contribution >= 4 is 35.0 Å². The number of primary amides is 1. The summed E-state index contributed by atoms with van der Waals surface area (Å²) in [7, 11) is 0. The normalized spacial score (nSPS) is 25.7. The van der Waals surface area contributed by atoms with E-state index < -0.39 is 35.0 Å². The second-order valence-corrected chi connectivity index (χ2v) is 19.0. The van der Waals surface area contributed by atoms with Gasteiger partial charge in [0.15, 0.2) is 5.78 Å². The second kappa shape index (κ2) is 13.8. The van der Waals surface area contributed by atoms with Gasteiger partial charge in [-0.25, -0.2) is 4.98 Å². The molecular formula is C41H62N4O5. The molecule has 5 rings (SSSR count). The summed E-state index contributed by atoms with van der Waals surface area (Å²) >= 11 is 0. The summed E-state index contributed by atoms with van der Waals surface area (Å²) in [6.45, 7) is 18.0. The van der Waals surface area contributed by atoms with E-state index in [2.05, 4.69) is 44.9 Å². The molecule has 3 saturated carbocycles. The van der Waals surface area contributed by atoms with Gasteiger partial charge in [0.25, 0.3) is 5.91 Å². The zero-order valence-corrected chi connectivity index (χ0v) is 31.9. The monoisotopic (exact) mass is 690 g/mol. The van der Waals surface area contributed by atoms with Crippen LogP contribution in [0.4, 0.5) is 5.82 Å². The molecule has 9 nitrogen and oxygen atoms in total. The van der Waals surface area contributed by atoms with Gasteiger partial charge in [0.2, 0.25) is 11.7 Å². The van der Waals surface area contributed by atoms with Crippen LogP contribution >= 0.6 is 0 Å². The average Bonchev–Trinajstić information content (AvgIpc) is 3.21. The molecule has 276 valence electrons. The molecule has 0 bridgehead atoms. The van der Waals surface area contributed by atoms with Crippen LogP contribution in [0.5, 0.6) is 0 Å². The van der Waals surface area contributed by atoms with E-state index in [0.29, 0.717) is 38.3 Å². The maximum atomic E-state index is 14.9. The van der Waals surface area contributed by atoms with Crippen molar-refractivity contribution < 1.29 is 24.0 Å². The Morgan fingerprint density at radius 1 is 0.940 bits per heavy atom. The Hall–Kier alpha value is -3.10. The predicted molar refractivity (Wildman–Crippen MR) is 195 cm³/mol. The third-order valence-electron chi connectivity index (χ3n) is 14.0. The second-order valence-electron chi connectivity index (χ2n) is 19.0. The van der Waals surface area contributed by atoms with Crippen LogP contribution in [-0.2, 0) is 24.0 Å². The SMILES string of the molecule is CC(C)(C)C(CNc1ccccn1)CC(=O)C[C@H](C(=O)N1C[C@]2(C[C@H]1C(=O)CC(CC1CCC1)C(=O)C(N)=O)C(C)(C)C21CCC1)C(C)(C)C. The first kappa shape index (κ1) is 38.1. The van der Waals surface area contributed by atoms with E-state index in [9.17, 15) is 24.0 Å². The van der Waals surface area contributed by atoms with Gasteiger partial charge in [0.1, 0.15) is 11.6 Å². The minimum absolute atomic E-state index is 0.0123.